The lowest BCUT2D eigenvalue weighted by molar-refractivity contribution is 0.0684. The molecule has 2 aliphatic carbocycles. The average molecular weight is 643 g/mol. The zero-order valence-electron chi connectivity index (χ0n) is 26.2. The van der Waals surface area contributed by atoms with Gasteiger partial charge < -0.3 is 19.0 Å². The molecule has 1 amide bonds. The number of ether oxygens (including phenoxy) is 1. The molecule has 10 nitrogen and oxygen atoms in total. The summed E-state index contributed by atoms with van der Waals surface area (Å²) < 4.78 is 36.9. The molecule has 0 spiro atoms. The van der Waals surface area contributed by atoms with Crippen molar-refractivity contribution in [2.45, 2.75) is 82.5 Å². The van der Waals surface area contributed by atoms with E-state index in [9.17, 15) is 23.1 Å². The van der Waals surface area contributed by atoms with Crippen LogP contribution in [-0.4, -0.2) is 51.9 Å². The highest BCUT2D eigenvalue weighted by molar-refractivity contribution is 7.90. The number of amides is 1. The van der Waals surface area contributed by atoms with Gasteiger partial charge in [0.2, 0.25) is 10.0 Å². The standard InChI is InChI=1S/C35H38N4O6S/c1-20(2)46(43,44)37-34(40)22-9-13-28-29(17-22)38-18-24(31-33(35(41)42)39(19-36-31)25-10-11-25)15-23-16-26(45-3)12-14-27(23)32(38)30(28)21-7-5-4-6-8-21/h9,12-17,19-21,25H,4-8,10-11,18H2,1-3H3,(H,37,40)(H,41,42). The molecule has 7 rings (SSSR count). The summed E-state index contributed by atoms with van der Waals surface area (Å²) in [4.78, 5) is 30.6. The Labute approximate surface area is 268 Å². The maximum atomic E-state index is 13.3. The number of hydrogen-bond donors (Lipinski definition) is 2. The van der Waals surface area contributed by atoms with Gasteiger partial charge in [0.05, 0.1) is 30.9 Å². The first-order valence-corrected chi connectivity index (χ1v) is 17.5. The summed E-state index contributed by atoms with van der Waals surface area (Å²) in [5.74, 6) is -0.725. The highest BCUT2D eigenvalue weighted by Gasteiger charge is 2.34. The van der Waals surface area contributed by atoms with E-state index in [0.717, 1.165) is 71.8 Å². The van der Waals surface area contributed by atoms with Crippen LogP contribution < -0.4 is 9.46 Å². The van der Waals surface area contributed by atoms with Crippen LogP contribution in [0.4, 0.5) is 0 Å². The second kappa shape index (κ2) is 11.5. The Hall–Kier alpha value is -4.38. The van der Waals surface area contributed by atoms with Gasteiger partial charge in [0.1, 0.15) is 11.4 Å². The molecule has 46 heavy (non-hydrogen) atoms. The second-order valence-electron chi connectivity index (χ2n) is 12.9. The number of rotatable bonds is 8. The molecule has 3 aliphatic rings. The SMILES string of the molecule is COc1ccc2c(c1)C=C(c1ncn(C3CC3)c1C(=O)O)Cn1c-2c(C2CCCCC2)c2ccc(C(=O)NS(=O)(=O)C(C)C)cc21. The van der Waals surface area contributed by atoms with Crippen LogP contribution in [0.2, 0.25) is 0 Å². The van der Waals surface area contributed by atoms with Crippen LogP contribution in [0.5, 0.6) is 5.75 Å². The van der Waals surface area contributed by atoms with E-state index in [2.05, 4.69) is 14.3 Å². The molecule has 240 valence electrons. The average Bonchev–Trinajstić information content (AvgIpc) is 3.74. The molecule has 0 bridgehead atoms. The monoisotopic (exact) mass is 642 g/mol. The number of aromatic nitrogens is 3. The second-order valence-corrected chi connectivity index (χ2v) is 15.2. The molecule has 4 aromatic rings. The molecule has 0 unspecified atom stereocenters. The van der Waals surface area contributed by atoms with E-state index in [1.54, 1.807) is 30.1 Å². The Bertz CT molecular complexity index is 2030. The van der Waals surface area contributed by atoms with E-state index in [-0.39, 0.29) is 17.3 Å². The molecule has 0 saturated heterocycles. The number of carbonyl (C=O) groups excluding carboxylic acids is 1. The van der Waals surface area contributed by atoms with Crippen LogP contribution >= 0.6 is 0 Å². The van der Waals surface area contributed by atoms with Gasteiger partial charge in [-0.3, -0.25) is 4.79 Å². The fraction of sp³-hybridized carbons (Fsp3) is 0.400. The highest BCUT2D eigenvalue weighted by atomic mass is 32.2. The molecule has 0 radical (unpaired) electrons. The van der Waals surface area contributed by atoms with E-state index in [4.69, 9.17) is 4.74 Å². The number of carboxylic acids is 1. The van der Waals surface area contributed by atoms with Gasteiger partial charge in [-0.2, -0.15) is 0 Å². The smallest absolute Gasteiger partial charge is 0.354 e. The van der Waals surface area contributed by atoms with Crippen molar-refractivity contribution in [3.63, 3.8) is 0 Å². The van der Waals surface area contributed by atoms with Gasteiger partial charge >= 0.3 is 5.97 Å². The van der Waals surface area contributed by atoms with Crippen molar-refractivity contribution in [3.05, 3.63) is 70.8 Å². The Morgan fingerprint density at radius 3 is 2.48 bits per heavy atom. The number of imidazole rings is 1. The number of aromatic carboxylic acids is 1. The molecule has 1 aliphatic heterocycles. The Balaban J connectivity index is 1.48. The molecular weight excluding hydrogens is 604 g/mol. The van der Waals surface area contributed by atoms with Crippen molar-refractivity contribution in [1.82, 2.24) is 18.8 Å². The zero-order valence-corrected chi connectivity index (χ0v) is 27.1. The zero-order chi connectivity index (χ0) is 32.3. The van der Waals surface area contributed by atoms with E-state index in [0.29, 0.717) is 23.9 Å². The summed E-state index contributed by atoms with van der Waals surface area (Å²) in [5.41, 5.74) is 6.46. The lowest BCUT2D eigenvalue weighted by Crippen LogP contribution is -2.35. The van der Waals surface area contributed by atoms with Crippen molar-refractivity contribution >= 4 is 44.5 Å². The fourth-order valence-electron chi connectivity index (χ4n) is 7.07. The molecule has 3 heterocycles. The van der Waals surface area contributed by atoms with Gasteiger partial charge in [-0.1, -0.05) is 25.3 Å². The van der Waals surface area contributed by atoms with Crippen LogP contribution in [0.25, 0.3) is 33.8 Å². The third-order valence-corrected chi connectivity index (χ3v) is 11.4. The van der Waals surface area contributed by atoms with Gasteiger partial charge in [-0.05, 0) is 93.0 Å². The van der Waals surface area contributed by atoms with Crippen LogP contribution in [0.3, 0.4) is 0 Å². The first kappa shape index (κ1) is 30.3. The number of hydrogen-bond acceptors (Lipinski definition) is 6. The van der Waals surface area contributed by atoms with Crippen LogP contribution in [0.15, 0.2) is 42.7 Å². The highest BCUT2D eigenvalue weighted by Crippen LogP contribution is 2.48. The minimum Gasteiger partial charge on any atom is -0.497 e. The van der Waals surface area contributed by atoms with Crippen molar-refractivity contribution in [2.24, 2.45) is 0 Å². The number of methoxy groups -OCH3 is 1. The summed E-state index contributed by atoms with van der Waals surface area (Å²) >= 11 is 0. The maximum absolute atomic E-state index is 13.3. The molecule has 2 N–H and O–H groups in total. The minimum atomic E-state index is -3.83. The van der Waals surface area contributed by atoms with Gasteiger partial charge in [0.15, 0.2) is 5.69 Å². The van der Waals surface area contributed by atoms with Crippen molar-refractivity contribution < 1.29 is 27.9 Å². The summed E-state index contributed by atoms with van der Waals surface area (Å²) in [5, 5.41) is 10.6. The number of carboxylic acid groups (broad SMARTS) is 1. The number of sulfonamides is 1. The molecular formula is C35H38N4O6S. The first-order chi connectivity index (χ1) is 22.1. The molecule has 2 saturated carbocycles. The molecule has 11 heteroatoms. The number of nitrogens with zero attached hydrogens (tertiary/aromatic N) is 3. The van der Waals surface area contributed by atoms with Gasteiger partial charge in [-0.25, -0.2) is 22.9 Å². The summed E-state index contributed by atoms with van der Waals surface area (Å²) in [6, 6.07) is 11.5. The molecule has 0 atom stereocenters. The lowest BCUT2D eigenvalue weighted by Gasteiger charge is -2.24. The first-order valence-electron chi connectivity index (χ1n) is 16.0. The van der Waals surface area contributed by atoms with Crippen molar-refractivity contribution in [1.29, 1.82) is 0 Å². The van der Waals surface area contributed by atoms with Gasteiger partial charge in [0, 0.05) is 33.6 Å². The quantitative estimate of drug-likeness (QED) is 0.221. The molecule has 2 aromatic carbocycles. The topological polar surface area (TPSA) is 133 Å². The molecule has 2 aromatic heterocycles. The van der Waals surface area contributed by atoms with Crippen LogP contribution in [-0.2, 0) is 16.6 Å². The third-order valence-electron chi connectivity index (χ3n) is 9.65. The third kappa shape index (κ3) is 5.20. The van der Waals surface area contributed by atoms with E-state index in [1.165, 1.54) is 25.8 Å². The van der Waals surface area contributed by atoms with Gasteiger partial charge in [0.25, 0.3) is 5.91 Å². The summed E-state index contributed by atoms with van der Waals surface area (Å²) in [6.45, 7) is 3.36. The number of carbonyl (C=O) groups is 2. The van der Waals surface area contributed by atoms with Crippen molar-refractivity contribution in [3.8, 4) is 17.0 Å². The van der Waals surface area contributed by atoms with Crippen LogP contribution in [0, 0.1) is 0 Å². The number of allylic oxidation sites excluding steroid dienone is 1. The number of benzene rings is 2. The number of nitrogens with one attached hydrogen (secondary N) is 1. The minimum absolute atomic E-state index is 0.134. The Kier molecular flexibility index (Phi) is 7.54. The number of fused-ring (bicyclic) bond motifs is 5. The summed E-state index contributed by atoms with van der Waals surface area (Å²) in [6.07, 6.45) is 11.0. The van der Waals surface area contributed by atoms with E-state index in [1.807, 2.05) is 30.3 Å². The van der Waals surface area contributed by atoms with Crippen LogP contribution in [0.1, 0.15) is 108 Å². The van der Waals surface area contributed by atoms with E-state index >= 15 is 0 Å². The predicted octanol–water partition coefficient (Wildman–Crippen LogP) is 6.62. The Morgan fingerprint density at radius 2 is 1.80 bits per heavy atom. The Morgan fingerprint density at radius 1 is 1.04 bits per heavy atom. The predicted molar refractivity (Wildman–Crippen MR) is 177 cm³/mol. The largest absolute Gasteiger partial charge is 0.497 e. The fourth-order valence-corrected chi connectivity index (χ4v) is 7.68. The maximum Gasteiger partial charge on any atom is 0.354 e. The lowest BCUT2D eigenvalue weighted by atomic mass is 9.81. The normalized spacial score (nSPS) is 16.9. The molecule has 2 fully saturated rings. The summed E-state index contributed by atoms with van der Waals surface area (Å²) in [7, 11) is -2.21. The van der Waals surface area contributed by atoms with Crippen molar-refractivity contribution in [2.75, 3.05) is 7.11 Å². The van der Waals surface area contributed by atoms with Gasteiger partial charge in [-0.15, -0.1) is 0 Å². The van der Waals surface area contributed by atoms with E-state index < -0.39 is 27.1 Å².